The van der Waals surface area contributed by atoms with Gasteiger partial charge in [0.2, 0.25) is 10.0 Å². The maximum atomic E-state index is 13.0. The monoisotopic (exact) mass is 427 g/mol. The lowest BCUT2D eigenvalue weighted by molar-refractivity contribution is 0.0730. The van der Waals surface area contributed by atoms with E-state index in [1.165, 1.54) is 16.4 Å². The molecule has 2 N–H and O–H groups in total. The first-order valence-corrected chi connectivity index (χ1v) is 11.0. The third-order valence-electron chi connectivity index (χ3n) is 5.00. The van der Waals surface area contributed by atoms with Crippen molar-refractivity contribution in [3.05, 3.63) is 76.1 Å². The Kier molecular flexibility index (Phi) is 5.67. The van der Waals surface area contributed by atoms with Gasteiger partial charge in [0, 0.05) is 25.2 Å². The van der Waals surface area contributed by atoms with Crippen molar-refractivity contribution in [2.45, 2.75) is 11.4 Å². The molecule has 0 atom stereocenters. The number of carbonyl (C=O) groups excluding carboxylic acids is 1. The highest BCUT2D eigenvalue weighted by molar-refractivity contribution is 7.89. The Bertz CT molecular complexity index is 1250. The summed E-state index contributed by atoms with van der Waals surface area (Å²) < 4.78 is 32.7. The van der Waals surface area contributed by atoms with Gasteiger partial charge in [-0.05, 0) is 29.1 Å². The van der Waals surface area contributed by atoms with Crippen LogP contribution >= 0.6 is 0 Å². The van der Waals surface area contributed by atoms with Crippen molar-refractivity contribution in [2.75, 3.05) is 26.3 Å². The van der Waals surface area contributed by atoms with E-state index in [0.717, 1.165) is 5.39 Å². The number of sulfonamides is 1. The van der Waals surface area contributed by atoms with Gasteiger partial charge >= 0.3 is 0 Å². The van der Waals surface area contributed by atoms with Gasteiger partial charge in [-0.1, -0.05) is 36.4 Å². The minimum Gasteiger partial charge on any atom is -0.379 e. The molecule has 9 heteroatoms. The zero-order valence-corrected chi connectivity index (χ0v) is 16.9. The maximum absolute atomic E-state index is 13.0. The second-order valence-electron chi connectivity index (χ2n) is 6.91. The number of H-pyrrole nitrogens is 1. The Balaban J connectivity index is 1.57. The number of ether oxygens (including phenoxy) is 1. The minimum absolute atomic E-state index is 0.0230. The fourth-order valence-corrected chi connectivity index (χ4v) is 5.04. The maximum Gasteiger partial charge on any atom is 0.261 e. The number of hydrogen-bond donors (Lipinski definition) is 2. The summed E-state index contributed by atoms with van der Waals surface area (Å²) in [7, 11) is -3.71. The van der Waals surface area contributed by atoms with Gasteiger partial charge < -0.3 is 15.0 Å². The molecule has 0 aliphatic carbocycles. The molecule has 1 amide bonds. The van der Waals surface area contributed by atoms with Crippen LogP contribution in [0.1, 0.15) is 15.9 Å². The molecule has 0 saturated carbocycles. The number of nitrogens with one attached hydrogen (secondary N) is 2. The zero-order chi connectivity index (χ0) is 21.1. The van der Waals surface area contributed by atoms with Crippen LogP contribution in [-0.2, 0) is 21.3 Å². The Morgan fingerprint density at radius 2 is 1.77 bits per heavy atom. The molecule has 0 bridgehead atoms. The van der Waals surface area contributed by atoms with Crippen LogP contribution in [-0.4, -0.2) is 49.9 Å². The van der Waals surface area contributed by atoms with E-state index in [0.29, 0.717) is 24.3 Å². The Morgan fingerprint density at radius 3 is 2.57 bits per heavy atom. The smallest absolute Gasteiger partial charge is 0.261 e. The van der Waals surface area contributed by atoms with Gasteiger partial charge in [-0.2, -0.15) is 4.31 Å². The first-order chi connectivity index (χ1) is 14.5. The summed E-state index contributed by atoms with van der Waals surface area (Å²) in [6.45, 7) is 1.25. The second kappa shape index (κ2) is 8.39. The molecule has 1 aliphatic rings. The van der Waals surface area contributed by atoms with E-state index < -0.39 is 21.5 Å². The van der Waals surface area contributed by atoms with Crippen LogP contribution < -0.4 is 10.9 Å². The van der Waals surface area contributed by atoms with Crippen molar-refractivity contribution >= 4 is 26.8 Å². The topological polar surface area (TPSA) is 109 Å². The quantitative estimate of drug-likeness (QED) is 0.641. The molecule has 4 rings (SSSR count). The molecule has 1 saturated heterocycles. The molecule has 1 aliphatic heterocycles. The van der Waals surface area contributed by atoms with Crippen LogP contribution in [0.4, 0.5) is 0 Å². The van der Waals surface area contributed by atoms with Gasteiger partial charge in [-0.3, -0.25) is 9.59 Å². The number of para-hydroxylation sites is 1. The van der Waals surface area contributed by atoms with E-state index >= 15 is 0 Å². The normalized spacial score (nSPS) is 15.2. The van der Waals surface area contributed by atoms with E-state index in [1.807, 2.05) is 6.07 Å². The average Bonchev–Trinajstić information content (AvgIpc) is 2.77. The fourth-order valence-electron chi connectivity index (χ4n) is 3.41. The first-order valence-electron chi connectivity index (χ1n) is 9.53. The van der Waals surface area contributed by atoms with E-state index in [2.05, 4.69) is 10.3 Å². The predicted octanol–water partition coefficient (Wildman–Crippen LogP) is 1.48. The number of aromatic nitrogens is 1. The van der Waals surface area contributed by atoms with E-state index in [-0.39, 0.29) is 30.1 Å². The van der Waals surface area contributed by atoms with Crippen LogP contribution in [0.15, 0.2) is 64.3 Å². The highest BCUT2D eigenvalue weighted by Gasteiger charge is 2.28. The summed E-state index contributed by atoms with van der Waals surface area (Å²) in [5, 5.41) is 3.40. The summed E-state index contributed by atoms with van der Waals surface area (Å²) in [5.74, 6) is -0.569. The van der Waals surface area contributed by atoms with Gasteiger partial charge in [-0.15, -0.1) is 0 Å². The molecule has 156 valence electrons. The molecule has 1 fully saturated rings. The molecule has 2 heterocycles. The van der Waals surface area contributed by atoms with Crippen molar-refractivity contribution in [2.24, 2.45) is 0 Å². The molecule has 30 heavy (non-hydrogen) atoms. The number of amides is 1. The molecule has 0 spiro atoms. The highest BCUT2D eigenvalue weighted by Crippen LogP contribution is 2.21. The van der Waals surface area contributed by atoms with Crippen molar-refractivity contribution in [1.29, 1.82) is 0 Å². The third kappa shape index (κ3) is 4.00. The molecule has 3 aromatic rings. The summed E-state index contributed by atoms with van der Waals surface area (Å²) in [5.41, 5.74) is 0.568. The number of nitrogens with zero attached hydrogens (tertiary/aromatic N) is 1. The molecule has 1 aromatic heterocycles. The Hall–Kier alpha value is -3.01. The number of pyridine rings is 1. The molecule has 8 nitrogen and oxygen atoms in total. The number of fused-ring (bicyclic) bond motifs is 1. The summed E-state index contributed by atoms with van der Waals surface area (Å²) >= 11 is 0. The van der Waals surface area contributed by atoms with Crippen LogP contribution in [0, 0.1) is 0 Å². The Labute approximate surface area is 173 Å². The van der Waals surface area contributed by atoms with E-state index in [1.54, 1.807) is 36.4 Å². The van der Waals surface area contributed by atoms with Gasteiger partial charge in [0.05, 0.1) is 18.1 Å². The third-order valence-corrected chi connectivity index (χ3v) is 7.00. The SMILES string of the molecule is O=C(NCc1ccccc1S(=O)(=O)N1CCOCC1)c1cc2ccccc2[nH]c1=O. The standard InChI is InChI=1S/C21H21N3O5S/c25-20(17-13-15-5-1-3-7-18(15)23-21(17)26)22-14-16-6-2-4-8-19(16)30(27,28)24-9-11-29-12-10-24/h1-8,13H,9-12,14H2,(H,22,25)(H,23,26). The summed E-state index contributed by atoms with van der Waals surface area (Å²) in [6.07, 6.45) is 0. The predicted molar refractivity (Wildman–Crippen MR) is 112 cm³/mol. The molecular weight excluding hydrogens is 406 g/mol. The number of morpholine rings is 1. The summed E-state index contributed by atoms with van der Waals surface area (Å²) in [4.78, 5) is 27.7. The lowest BCUT2D eigenvalue weighted by Gasteiger charge is -2.27. The van der Waals surface area contributed by atoms with Gasteiger partial charge in [-0.25, -0.2) is 8.42 Å². The summed E-state index contributed by atoms with van der Waals surface area (Å²) in [6, 6.07) is 15.2. The van der Waals surface area contributed by atoms with E-state index in [9.17, 15) is 18.0 Å². The number of hydrogen-bond acceptors (Lipinski definition) is 5. The average molecular weight is 427 g/mol. The fraction of sp³-hybridized carbons (Fsp3) is 0.238. The lowest BCUT2D eigenvalue weighted by atomic mass is 10.1. The van der Waals surface area contributed by atoms with Crippen LogP contribution in [0.25, 0.3) is 10.9 Å². The first kappa shape index (κ1) is 20.3. The van der Waals surface area contributed by atoms with Crippen molar-refractivity contribution < 1.29 is 17.9 Å². The molecule has 0 radical (unpaired) electrons. The van der Waals surface area contributed by atoms with Crippen LogP contribution in [0.5, 0.6) is 0 Å². The van der Waals surface area contributed by atoms with Crippen LogP contribution in [0.2, 0.25) is 0 Å². The van der Waals surface area contributed by atoms with Crippen molar-refractivity contribution in [3.63, 3.8) is 0 Å². The van der Waals surface area contributed by atoms with Gasteiger partial charge in [0.1, 0.15) is 5.56 Å². The minimum atomic E-state index is -3.71. The number of aromatic amines is 1. The lowest BCUT2D eigenvalue weighted by Crippen LogP contribution is -2.41. The molecule has 2 aromatic carbocycles. The van der Waals surface area contributed by atoms with E-state index in [4.69, 9.17) is 4.74 Å². The Morgan fingerprint density at radius 1 is 1.07 bits per heavy atom. The van der Waals surface area contributed by atoms with Gasteiger partial charge in [0.25, 0.3) is 11.5 Å². The number of rotatable bonds is 5. The number of carbonyl (C=O) groups is 1. The number of benzene rings is 2. The molecule has 0 unspecified atom stereocenters. The van der Waals surface area contributed by atoms with Gasteiger partial charge in [0.15, 0.2) is 0 Å². The second-order valence-corrected chi connectivity index (χ2v) is 8.81. The van der Waals surface area contributed by atoms with Crippen LogP contribution in [0.3, 0.4) is 0 Å². The highest BCUT2D eigenvalue weighted by atomic mass is 32.2. The zero-order valence-electron chi connectivity index (χ0n) is 16.1. The molecular formula is C21H21N3O5S. The van der Waals surface area contributed by atoms with Crippen molar-refractivity contribution in [1.82, 2.24) is 14.6 Å². The van der Waals surface area contributed by atoms with Crippen molar-refractivity contribution in [3.8, 4) is 0 Å². The largest absolute Gasteiger partial charge is 0.379 e.